The molecule has 0 aromatic heterocycles. The highest BCUT2D eigenvalue weighted by atomic mass is 16.4. The van der Waals surface area contributed by atoms with Gasteiger partial charge in [-0.3, -0.25) is 9.59 Å². The van der Waals surface area contributed by atoms with E-state index in [9.17, 15) is 29.7 Å². The highest BCUT2D eigenvalue weighted by Crippen LogP contribution is 2.17. The first kappa shape index (κ1) is 26.2. The molecule has 0 fully saturated rings. The lowest BCUT2D eigenvalue weighted by molar-refractivity contribution is -0.142. The van der Waals surface area contributed by atoms with Crippen LogP contribution < -0.4 is 10.6 Å². The quantitative estimate of drug-likeness (QED) is 0.221. The molecule has 0 heterocycles. The molecular formula is C30H28N2O6. The number of carbonyl (C=O) groups is 3. The van der Waals surface area contributed by atoms with E-state index in [4.69, 9.17) is 0 Å². The Bertz CT molecular complexity index is 1430. The number of hydrogen-bond donors (Lipinski definition) is 5. The van der Waals surface area contributed by atoms with Gasteiger partial charge in [0.25, 0.3) is 0 Å². The van der Waals surface area contributed by atoms with Crippen LogP contribution in [0.5, 0.6) is 11.5 Å². The maximum absolute atomic E-state index is 13.3. The van der Waals surface area contributed by atoms with Crippen molar-refractivity contribution in [3.63, 3.8) is 0 Å². The van der Waals surface area contributed by atoms with Crippen molar-refractivity contribution >= 4 is 28.6 Å². The van der Waals surface area contributed by atoms with E-state index < -0.39 is 24.0 Å². The van der Waals surface area contributed by atoms with Gasteiger partial charge in [-0.1, -0.05) is 66.7 Å². The highest BCUT2D eigenvalue weighted by Gasteiger charge is 2.27. The van der Waals surface area contributed by atoms with Crippen molar-refractivity contribution in [1.29, 1.82) is 0 Å². The second-order valence-corrected chi connectivity index (χ2v) is 9.12. The van der Waals surface area contributed by atoms with E-state index in [1.807, 2.05) is 42.5 Å². The van der Waals surface area contributed by atoms with Crippen molar-refractivity contribution in [3.05, 3.63) is 108 Å². The highest BCUT2D eigenvalue weighted by molar-refractivity contribution is 5.92. The molecule has 5 N–H and O–H groups in total. The Balaban J connectivity index is 1.49. The van der Waals surface area contributed by atoms with Gasteiger partial charge >= 0.3 is 5.97 Å². The van der Waals surface area contributed by atoms with E-state index in [2.05, 4.69) is 10.6 Å². The lowest BCUT2D eigenvalue weighted by Gasteiger charge is -2.22. The first-order chi connectivity index (χ1) is 18.3. The number of rotatable bonds is 10. The summed E-state index contributed by atoms with van der Waals surface area (Å²) in [5.74, 6) is -2.14. The number of phenolic OH excluding ortho intramolecular Hbond substituents is 2. The molecule has 194 valence electrons. The van der Waals surface area contributed by atoms with Gasteiger partial charge in [-0.05, 0) is 51.7 Å². The number of nitrogens with one attached hydrogen (secondary N) is 2. The van der Waals surface area contributed by atoms with Crippen molar-refractivity contribution in [2.24, 2.45) is 0 Å². The first-order valence-electron chi connectivity index (χ1n) is 12.1. The normalized spacial score (nSPS) is 12.4. The molecule has 0 radical (unpaired) electrons. The van der Waals surface area contributed by atoms with Gasteiger partial charge in [0.1, 0.15) is 23.6 Å². The van der Waals surface area contributed by atoms with Gasteiger partial charge in [0.2, 0.25) is 11.8 Å². The summed E-state index contributed by atoms with van der Waals surface area (Å²) in [5.41, 5.74) is 2.08. The van der Waals surface area contributed by atoms with E-state index >= 15 is 0 Å². The summed E-state index contributed by atoms with van der Waals surface area (Å²) in [7, 11) is 0. The predicted molar refractivity (Wildman–Crippen MR) is 143 cm³/mol. The van der Waals surface area contributed by atoms with Crippen molar-refractivity contribution in [1.82, 2.24) is 10.6 Å². The molecular weight excluding hydrogens is 484 g/mol. The Labute approximate surface area is 219 Å². The summed E-state index contributed by atoms with van der Waals surface area (Å²) >= 11 is 0. The van der Waals surface area contributed by atoms with E-state index in [-0.39, 0.29) is 36.7 Å². The van der Waals surface area contributed by atoms with Crippen LogP contribution in [0.3, 0.4) is 0 Å². The maximum Gasteiger partial charge on any atom is 0.326 e. The van der Waals surface area contributed by atoms with Crippen LogP contribution >= 0.6 is 0 Å². The second kappa shape index (κ2) is 11.9. The van der Waals surface area contributed by atoms with E-state index in [0.717, 1.165) is 16.3 Å². The van der Waals surface area contributed by atoms with Crippen molar-refractivity contribution < 1.29 is 29.7 Å². The van der Waals surface area contributed by atoms with Crippen LogP contribution in [-0.4, -0.2) is 45.2 Å². The van der Waals surface area contributed by atoms with Gasteiger partial charge in [0.15, 0.2) is 0 Å². The summed E-state index contributed by atoms with van der Waals surface area (Å²) < 4.78 is 0. The van der Waals surface area contributed by atoms with E-state index in [1.165, 1.54) is 24.3 Å². The molecule has 0 bridgehead atoms. The number of hydrogen-bond acceptors (Lipinski definition) is 5. The van der Waals surface area contributed by atoms with Gasteiger partial charge in [-0.15, -0.1) is 0 Å². The fourth-order valence-corrected chi connectivity index (χ4v) is 4.20. The molecule has 4 rings (SSSR count). The van der Waals surface area contributed by atoms with Crippen LogP contribution in [0.1, 0.15) is 16.7 Å². The van der Waals surface area contributed by atoms with Crippen LogP contribution in [0.4, 0.5) is 0 Å². The standard InChI is InChI=1S/C30H28N2O6/c33-24-11-6-19(7-12-24)16-26(29(36)32-27(30(37)38)17-20-8-13-25(34)14-9-20)31-28(35)18-21-5-10-22-3-1-2-4-23(22)15-21/h1-15,26-27,33-34H,16-18H2,(H,31,35)(H,32,36)(H,37,38). The molecule has 4 aromatic carbocycles. The van der Waals surface area contributed by atoms with Crippen molar-refractivity contribution in [3.8, 4) is 11.5 Å². The average molecular weight is 513 g/mol. The molecule has 0 aliphatic heterocycles. The van der Waals surface area contributed by atoms with Crippen LogP contribution in [0.25, 0.3) is 10.8 Å². The summed E-state index contributed by atoms with van der Waals surface area (Å²) in [6.45, 7) is 0. The minimum Gasteiger partial charge on any atom is -0.508 e. The number of aromatic hydroxyl groups is 2. The smallest absolute Gasteiger partial charge is 0.326 e. The fraction of sp³-hybridized carbons (Fsp3) is 0.167. The summed E-state index contributed by atoms with van der Waals surface area (Å²) in [5, 5.41) is 36.1. The number of carboxylic acids is 1. The average Bonchev–Trinajstić information content (AvgIpc) is 2.90. The molecule has 8 heteroatoms. The lowest BCUT2D eigenvalue weighted by atomic mass is 10.0. The largest absolute Gasteiger partial charge is 0.508 e. The summed E-state index contributed by atoms with van der Waals surface area (Å²) in [4.78, 5) is 38.2. The van der Waals surface area contributed by atoms with Gasteiger partial charge in [-0.25, -0.2) is 4.79 Å². The molecule has 4 aromatic rings. The Kier molecular flexibility index (Phi) is 8.23. The molecule has 2 amide bonds. The third-order valence-corrected chi connectivity index (χ3v) is 6.20. The zero-order valence-corrected chi connectivity index (χ0v) is 20.5. The lowest BCUT2D eigenvalue weighted by Crippen LogP contribution is -2.53. The zero-order chi connectivity index (χ0) is 27.1. The van der Waals surface area contributed by atoms with Gasteiger partial charge in [0.05, 0.1) is 6.42 Å². The predicted octanol–water partition coefficient (Wildman–Crippen LogP) is 3.33. The summed E-state index contributed by atoms with van der Waals surface area (Å²) in [6.07, 6.45) is 0.138. The monoisotopic (exact) mass is 512 g/mol. The van der Waals surface area contributed by atoms with E-state index in [1.54, 1.807) is 24.3 Å². The second-order valence-electron chi connectivity index (χ2n) is 9.12. The SMILES string of the molecule is O=C(Cc1ccc2ccccc2c1)NC(Cc1ccc(O)cc1)C(=O)NC(Cc1ccc(O)cc1)C(=O)O. The Morgan fingerprint density at radius 1 is 0.632 bits per heavy atom. The zero-order valence-electron chi connectivity index (χ0n) is 20.5. The molecule has 2 atom stereocenters. The Hall–Kier alpha value is -4.85. The number of benzene rings is 4. The molecule has 38 heavy (non-hydrogen) atoms. The third-order valence-electron chi connectivity index (χ3n) is 6.20. The molecule has 8 nitrogen and oxygen atoms in total. The molecule has 0 aliphatic carbocycles. The Morgan fingerprint density at radius 2 is 1.16 bits per heavy atom. The minimum atomic E-state index is -1.24. The number of carboxylic acid groups (broad SMARTS) is 1. The topological polar surface area (TPSA) is 136 Å². The molecule has 0 spiro atoms. The third kappa shape index (κ3) is 7.10. The number of fused-ring (bicyclic) bond motifs is 1. The minimum absolute atomic E-state index is 0.00167. The van der Waals surface area contributed by atoms with Crippen LogP contribution in [0.2, 0.25) is 0 Å². The van der Waals surface area contributed by atoms with Crippen LogP contribution in [0.15, 0.2) is 91.0 Å². The number of phenols is 2. The van der Waals surface area contributed by atoms with Crippen molar-refractivity contribution in [2.75, 3.05) is 0 Å². The van der Waals surface area contributed by atoms with Crippen LogP contribution in [0, 0.1) is 0 Å². The summed E-state index contributed by atoms with van der Waals surface area (Å²) in [6, 6.07) is 23.5. The molecule has 2 unspecified atom stereocenters. The van der Waals surface area contributed by atoms with Gasteiger partial charge in [0, 0.05) is 12.8 Å². The number of carbonyl (C=O) groups excluding carboxylic acids is 2. The number of aliphatic carboxylic acids is 1. The fourth-order valence-electron chi connectivity index (χ4n) is 4.20. The van der Waals surface area contributed by atoms with E-state index in [0.29, 0.717) is 11.1 Å². The van der Waals surface area contributed by atoms with Crippen LogP contribution in [-0.2, 0) is 33.6 Å². The maximum atomic E-state index is 13.3. The van der Waals surface area contributed by atoms with Gasteiger partial charge < -0.3 is 26.0 Å². The van der Waals surface area contributed by atoms with Crippen molar-refractivity contribution in [2.45, 2.75) is 31.3 Å². The first-order valence-corrected chi connectivity index (χ1v) is 12.1. The molecule has 0 saturated heterocycles. The number of amides is 2. The molecule has 0 saturated carbocycles. The Morgan fingerprint density at radius 3 is 1.74 bits per heavy atom. The van der Waals surface area contributed by atoms with Gasteiger partial charge in [-0.2, -0.15) is 0 Å². The molecule has 0 aliphatic rings.